The first-order valence-electron chi connectivity index (χ1n) is 11.0. The van der Waals surface area contributed by atoms with Crippen LogP contribution in [-0.4, -0.2) is 31.1 Å². The fourth-order valence-electron chi connectivity index (χ4n) is 3.28. The zero-order valence-electron chi connectivity index (χ0n) is 20.4. The van der Waals surface area contributed by atoms with E-state index in [1.165, 1.54) is 19.8 Å². The first kappa shape index (κ1) is 25.7. The predicted molar refractivity (Wildman–Crippen MR) is 143 cm³/mol. The lowest BCUT2D eigenvalue weighted by Gasteiger charge is -2.19. The van der Waals surface area contributed by atoms with E-state index in [9.17, 15) is 9.59 Å². The smallest absolute Gasteiger partial charge is 0.257 e. The molecule has 0 aliphatic heterocycles. The molecule has 0 spiro atoms. The number of anilines is 2. The van der Waals surface area contributed by atoms with Crippen LogP contribution in [0.3, 0.4) is 0 Å². The number of carbonyl (C=O) groups is 2. The van der Waals surface area contributed by atoms with Crippen LogP contribution in [0, 0.1) is 0 Å². The van der Waals surface area contributed by atoms with Gasteiger partial charge in [0.2, 0.25) is 0 Å². The van der Waals surface area contributed by atoms with Crippen molar-refractivity contribution in [1.29, 1.82) is 0 Å². The summed E-state index contributed by atoms with van der Waals surface area (Å²) in [5.74, 6) is 0.398. The van der Waals surface area contributed by atoms with Crippen LogP contribution in [0.4, 0.5) is 11.4 Å². The molecule has 7 nitrogen and oxygen atoms in total. The molecule has 0 atom stereocenters. The standard InChI is InChI=1S/C27H29N3O4S/c1-27(2,3)19-9-6-17(7-10-19)24(31)28-20-11-13-21(14-12-20)29-26(35)30-25(32)18-8-15-22(33-4)23(16-18)34-5/h6-16H,1-5H3,(H,28,31)(H2,29,30,32,35). The molecule has 0 radical (unpaired) electrons. The Morgan fingerprint density at radius 2 is 1.26 bits per heavy atom. The van der Waals surface area contributed by atoms with Gasteiger partial charge in [-0.25, -0.2) is 0 Å². The van der Waals surface area contributed by atoms with Gasteiger partial charge in [0.05, 0.1) is 14.2 Å². The molecule has 3 N–H and O–H groups in total. The minimum Gasteiger partial charge on any atom is -0.493 e. The van der Waals surface area contributed by atoms with E-state index in [0.717, 1.165) is 0 Å². The number of thiocarbonyl (C=S) groups is 1. The molecule has 0 aliphatic rings. The molecule has 0 bridgehead atoms. The van der Waals surface area contributed by atoms with E-state index in [1.807, 2.05) is 24.3 Å². The lowest BCUT2D eigenvalue weighted by Crippen LogP contribution is -2.34. The zero-order chi connectivity index (χ0) is 25.6. The number of carbonyl (C=O) groups excluding carboxylic acids is 2. The molecule has 0 heterocycles. The van der Waals surface area contributed by atoms with Gasteiger partial charge in [0.25, 0.3) is 11.8 Å². The van der Waals surface area contributed by atoms with Gasteiger partial charge < -0.3 is 20.1 Å². The van der Waals surface area contributed by atoms with E-state index in [4.69, 9.17) is 21.7 Å². The van der Waals surface area contributed by atoms with Crippen LogP contribution in [0.5, 0.6) is 11.5 Å². The number of rotatable bonds is 6. The van der Waals surface area contributed by atoms with E-state index in [0.29, 0.717) is 34.0 Å². The molecule has 3 aromatic carbocycles. The normalized spacial score (nSPS) is 10.8. The number of methoxy groups -OCH3 is 2. The van der Waals surface area contributed by atoms with Crippen molar-refractivity contribution in [2.75, 3.05) is 24.9 Å². The Bertz CT molecular complexity index is 1220. The predicted octanol–water partition coefficient (Wildman–Crippen LogP) is 5.38. The first-order valence-corrected chi connectivity index (χ1v) is 11.4. The summed E-state index contributed by atoms with van der Waals surface area (Å²) in [6.45, 7) is 6.39. The quantitative estimate of drug-likeness (QED) is 0.401. The topological polar surface area (TPSA) is 88.7 Å². The van der Waals surface area contributed by atoms with E-state index >= 15 is 0 Å². The van der Waals surface area contributed by atoms with Crippen LogP contribution in [0.1, 0.15) is 47.1 Å². The van der Waals surface area contributed by atoms with Gasteiger partial charge in [0.15, 0.2) is 16.6 Å². The molecule has 3 rings (SSSR count). The fraction of sp³-hybridized carbons (Fsp3) is 0.222. The number of nitrogens with one attached hydrogen (secondary N) is 3. The highest BCUT2D eigenvalue weighted by atomic mass is 32.1. The van der Waals surface area contributed by atoms with Crippen molar-refractivity contribution < 1.29 is 19.1 Å². The summed E-state index contributed by atoms with van der Waals surface area (Å²) in [6, 6.07) is 19.5. The number of hydrogen-bond acceptors (Lipinski definition) is 5. The second-order valence-electron chi connectivity index (χ2n) is 8.84. The molecule has 182 valence electrons. The van der Waals surface area contributed by atoms with Crippen LogP contribution < -0.4 is 25.4 Å². The van der Waals surface area contributed by atoms with Crippen molar-refractivity contribution in [3.63, 3.8) is 0 Å². The summed E-state index contributed by atoms with van der Waals surface area (Å²) in [5.41, 5.74) is 3.45. The van der Waals surface area contributed by atoms with Crippen molar-refractivity contribution in [3.05, 3.63) is 83.4 Å². The molecular weight excluding hydrogens is 462 g/mol. The molecule has 0 aromatic heterocycles. The van der Waals surface area contributed by atoms with Gasteiger partial charge in [-0.2, -0.15) is 0 Å². The van der Waals surface area contributed by atoms with E-state index in [1.54, 1.807) is 42.5 Å². The Labute approximate surface area is 210 Å². The average molecular weight is 492 g/mol. The molecule has 35 heavy (non-hydrogen) atoms. The Morgan fingerprint density at radius 1 is 0.714 bits per heavy atom. The third kappa shape index (κ3) is 6.80. The third-order valence-corrected chi connectivity index (χ3v) is 5.49. The maximum atomic E-state index is 12.6. The molecule has 0 saturated carbocycles. The third-order valence-electron chi connectivity index (χ3n) is 5.29. The van der Waals surface area contributed by atoms with Crippen LogP contribution >= 0.6 is 12.2 Å². The van der Waals surface area contributed by atoms with E-state index in [2.05, 4.69) is 36.7 Å². The van der Waals surface area contributed by atoms with Crippen molar-refractivity contribution in [3.8, 4) is 11.5 Å². The van der Waals surface area contributed by atoms with Gasteiger partial charge in [-0.3, -0.25) is 14.9 Å². The van der Waals surface area contributed by atoms with Gasteiger partial charge in [-0.05, 0) is 77.8 Å². The highest BCUT2D eigenvalue weighted by molar-refractivity contribution is 7.80. The van der Waals surface area contributed by atoms with Gasteiger partial charge in [0.1, 0.15) is 0 Å². The summed E-state index contributed by atoms with van der Waals surface area (Å²) in [7, 11) is 3.03. The molecule has 8 heteroatoms. The Kier molecular flexibility index (Phi) is 8.09. The van der Waals surface area contributed by atoms with Crippen LogP contribution in [0.2, 0.25) is 0 Å². The van der Waals surface area contributed by atoms with Crippen LogP contribution in [0.15, 0.2) is 66.7 Å². The maximum Gasteiger partial charge on any atom is 0.257 e. The van der Waals surface area contributed by atoms with Crippen molar-refractivity contribution in [1.82, 2.24) is 5.32 Å². The maximum absolute atomic E-state index is 12.6. The van der Waals surface area contributed by atoms with Crippen molar-refractivity contribution in [2.24, 2.45) is 0 Å². The Balaban J connectivity index is 1.56. The van der Waals surface area contributed by atoms with Crippen molar-refractivity contribution >= 4 is 40.5 Å². The molecule has 0 fully saturated rings. The second-order valence-corrected chi connectivity index (χ2v) is 9.25. The molecule has 0 saturated heterocycles. The minimum absolute atomic E-state index is 0.0272. The summed E-state index contributed by atoms with van der Waals surface area (Å²) in [5, 5.41) is 8.61. The minimum atomic E-state index is -0.384. The highest BCUT2D eigenvalue weighted by Gasteiger charge is 2.15. The van der Waals surface area contributed by atoms with Gasteiger partial charge in [0, 0.05) is 22.5 Å². The second kappa shape index (κ2) is 11.0. The molecule has 3 aromatic rings. The van der Waals surface area contributed by atoms with Crippen LogP contribution in [-0.2, 0) is 5.41 Å². The van der Waals surface area contributed by atoms with E-state index in [-0.39, 0.29) is 22.3 Å². The molecule has 0 unspecified atom stereocenters. The lowest BCUT2D eigenvalue weighted by molar-refractivity contribution is 0.0976. The Morgan fingerprint density at radius 3 is 1.80 bits per heavy atom. The van der Waals surface area contributed by atoms with Gasteiger partial charge in [-0.1, -0.05) is 32.9 Å². The molecule has 0 aliphatic carbocycles. The van der Waals surface area contributed by atoms with E-state index < -0.39 is 0 Å². The SMILES string of the molecule is COc1ccc(C(=O)NC(=S)Nc2ccc(NC(=O)c3ccc(C(C)(C)C)cc3)cc2)cc1OC. The average Bonchev–Trinajstić information content (AvgIpc) is 2.84. The largest absolute Gasteiger partial charge is 0.493 e. The lowest BCUT2D eigenvalue weighted by atomic mass is 9.87. The zero-order valence-corrected chi connectivity index (χ0v) is 21.2. The number of amides is 2. The number of ether oxygens (including phenoxy) is 2. The molecule has 2 amide bonds. The van der Waals surface area contributed by atoms with Crippen molar-refractivity contribution in [2.45, 2.75) is 26.2 Å². The fourth-order valence-corrected chi connectivity index (χ4v) is 3.49. The van der Waals surface area contributed by atoms with Gasteiger partial charge in [-0.15, -0.1) is 0 Å². The summed E-state index contributed by atoms with van der Waals surface area (Å²) < 4.78 is 10.4. The van der Waals surface area contributed by atoms with Gasteiger partial charge >= 0.3 is 0 Å². The summed E-state index contributed by atoms with van der Waals surface area (Å²) in [6.07, 6.45) is 0. The number of benzene rings is 3. The number of hydrogen-bond donors (Lipinski definition) is 3. The monoisotopic (exact) mass is 491 g/mol. The summed E-state index contributed by atoms with van der Waals surface area (Å²) >= 11 is 5.26. The first-order chi connectivity index (χ1) is 16.6. The van der Waals surface area contributed by atoms with Crippen LogP contribution in [0.25, 0.3) is 0 Å². The molecular formula is C27H29N3O4S. The highest BCUT2D eigenvalue weighted by Crippen LogP contribution is 2.27. The Hall–Kier alpha value is -3.91. The summed E-state index contributed by atoms with van der Waals surface area (Å²) in [4.78, 5) is 25.1.